The standard InChI is InChI=1S/C14H12FN5O/c15-9-3-1-8(2-4-9)13-19-14(21-20-13)11-5-10-12(6-16-11)18-7-17-10/h1-4,7,11,16H,5-6H2,(H,17,18)/t11-/m0/s1. The molecule has 1 atom stereocenters. The quantitative estimate of drug-likeness (QED) is 0.752. The Morgan fingerprint density at radius 1 is 1.24 bits per heavy atom. The number of hydrogen-bond donors (Lipinski definition) is 2. The fraction of sp³-hybridized carbons (Fsp3) is 0.214. The third-order valence-corrected chi connectivity index (χ3v) is 3.57. The van der Waals surface area contributed by atoms with E-state index in [4.69, 9.17) is 4.52 Å². The van der Waals surface area contributed by atoms with E-state index in [2.05, 4.69) is 25.4 Å². The van der Waals surface area contributed by atoms with Gasteiger partial charge in [-0.05, 0) is 24.3 Å². The molecule has 4 rings (SSSR count). The summed E-state index contributed by atoms with van der Waals surface area (Å²) in [4.78, 5) is 11.8. The minimum atomic E-state index is -0.289. The van der Waals surface area contributed by atoms with Crippen molar-refractivity contribution in [3.63, 3.8) is 0 Å². The summed E-state index contributed by atoms with van der Waals surface area (Å²) in [5.41, 5.74) is 2.83. The number of imidazole rings is 1. The van der Waals surface area contributed by atoms with Crippen LogP contribution in [0.5, 0.6) is 0 Å². The Hall–Kier alpha value is -2.54. The predicted molar refractivity (Wildman–Crippen MR) is 71.6 cm³/mol. The predicted octanol–water partition coefficient (Wildman–Crippen LogP) is 1.99. The summed E-state index contributed by atoms with van der Waals surface area (Å²) in [7, 11) is 0. The highest BCUT2D eigenvalue weighted by molar-refractivity contribution is 5.53. The zero-order valence-corrected chi connectivity index (χ0v) is 11.0. The summed E-state index contributed by atoms with van der Waals surface area (Å²) in [5.74, 6) is 0.685. The molecule has 106 valence electrons. The Labute approximate surface area is 119 Å². The van der Waals surface area contributed by atoms with Crippen LogP contribution in [0.4, 0.5) is 4.39 Å². The minimum absolute atomic E-state index is 0.0532. The highest BCUT2D eigenvalue weighted by Crippen LogP contribution is 2.24. The molecule has 7 heteroatoms. The summed E-state index contributed by atoms with van der Waals surface area (Å²) >= 11 is 0. The van der Waals surface area contributed by atoms with Crippen LogP contribution in [0.2, 0.25) is 0 Å². The van der Waals surface area contributed by atoms with Crippen LogP contribution < -0.4 is 5.32 Å². The fourth-order valence-corrected chi connectivity index (χ4v) is 2.44. The second kappa shape index (κ2) is 4.78. The lowest BCUT2D eigenvalue weighted by molar-refractivity contribution is 0.319. The summed E-state index contributed by atoms with van der Waals surface area (Å²) in [6.07, 6.45) is 2.39. The van der Waals surface area contributed by atoms with Crippen LogP contribution in [-0.2, 0) is 13.0 Å². The molecule has 0 saturated heterocycles. The van der Waals surface area contributed by atoms with Crippen LogP contribution >= 0.6 is 0 Å². The number of benzene rings is 1. The van der Waals surface area contributed by atoms with Gasteiger partial charge in [0.25, 0.3) is 0 Å². The fourth-order valence-electron chi connectivity index (χ4n) is 2.44. The van der Waals surface area contributed by atoms with Gasteiger partial charge in [-0.1, -0.05) is 5.16 Å². The highest BCUT2D eigenvalue weighted by atomic mass is 19.1. The van der Waals surface area contributed by atoms with Gasteiger partial charge >= 0.3 is 0 Å². The average molecular weight is 285 g/mol. The maximum absolute atomic E-state index is 12.9. The van der Waals surface area contributed by atoms with Crippen molar-refractivity contribution in [2.75, 3.05) is 0 Å². The van der Waals surface area contributed by atoms with E-state index in [9.17, 15) is 4.39 Å². The number of aromatic nitrogens is 4. The molecular weight excluding hydrogens is 273 g/mol. The summed E-state index contributed by atoms with van der Waals surface area (Å²) in [5, 5.41) is 7.28. The number of rotatable bonds is 2. The summed E-state index contributed by atoms with van der Waals surface area (Å²) < 4.78 is 18.2. The second-order valence-corrected chi connectivity index (χ2v) is 4.93. The van der Waals surface area contributed by atoms with Crippen molar-refractivity contribution in [2.45, 2.75) is 19.0 Å². The normalized spacial score (nSPS) is 17.7. The molecule has 2 N–H and O–H groups in total. The van der Waals surface area contributed by atoms with Crippen molar-refractivity contribution >= 4 is 0 Å². The number of fused-ring (bicyclic) bond motifs is 1. The van der Waals surface area contributed by atoms with Gasteiger partial charge < -0.3 is 9.51 Å². The first-order chi connectivity index (χ1) is 10.3. The molecule has 0 amide bonds. The van der Waals surface area contributed by atoms with Gasteiger partial charge in [-0.2, -0.15) is 4.98 Å². The van der Waals surface area contributed by atoms with Crippen LogP contribution in [0.15, 0.2) is 35.1 Å². The van der Waals surface area contributed by atoms with Crippen LogP contribution in [0.3, 0.4) is 0 Å². The lowest BCUT2D eigenvalue weighted by atomic mass is 10.1. The Balaban J connectivity index is 1.59. The van der Waals surface area contributed by atoms with Crippen LogP contribution in [0, 0.1) is 5.82 Å². The van der Waals surface area contributed by atoms with Crippen LogP contribution in [0.1, 0.15) is 23.3 Å². The first-order valence-electron chi connectivity index (χ1n) is 6.63. The molecule has 0 saturated carbocycles. The van der Waals surface area contributed by atoms with Gasteiger partial charge in [-0.15, -0.1) is 0 Å². The molecule has 0 fully saturated rings. The molecule has 0 unspecified atom stereocenters. The third-order valence-electron chi connectivity index (χ3n) is 3.57. The first kappa shape index (κ1) is 12.2. The van der Waals surface area contributed by atoms with Crippen molar-refractivity contribution < 1.29 is 8.91 Å². The maximum Gasteiger partial charge on any atom is 0.244 e. The molecule has 3 heterocycles. The number of halogens is 1. The van der Waals surface area contributed by atoms with Crippen LogP contribution in [0.25, 0.3) is 11.4 Å². The molecule has 2 aromatic heterocycles. The minimum Gasteiger partial charge on any atom is -0.347 e. The van der Waals surface area contributed by atoms with E-state index < -0.39 is 0 Å². The van der Waals surface area contributed by atoms with Crippen molar-refractivity contribution in [3.05, 3.63) is 53.7 Å². The highest BCUT2D eigenvalue weighted by Gasteiger charge is 2.26. The lowest BCUT2D eigenvalue weighted by Gasteiger charge is -2.19. The monoisotopic (exact) mass is 285 g/mol. The largest absolute Gasteiger partial charge is 0.347 e. The number of nitrogens with one attached hydrogen (secondary N) is 2. The maximum atomic E-state index is 12.9. The van der Waals surface area contributed by atoms with Crippen LogP contribution in [-0.4, -0.2) is 20.1 Å². The van der Waals surface area contributed by atoms with Gasteiger partial charge in [0.05, 0.1) is 23.8 Å². The van der Waals surface area contributed by atoms with Crippen molar-refractivity contribution in [3.8, 4) is 11.4 Å². The first-order valence-corrected chi connectivity index (χ1v) is 6.63. The molecule has 1 aliphatic rings. The molecule has 0 radical (unpaired) electrons. The van der Waals surface area contributed by atoms with Gasteiger partial charge in [0.1, 0.15) is 5.82 Å². The van der Waals surface area contributed by atoms with E-state index in [1.54, 1.807) is 18.5 Å². The lowest BCUT2D eigenvalue weighted by Crippen LogP contribution is -2.28. The van der Waals surface area contributed by atoms with Gasteiger partial charge in [-0.25, -0.2) is 9.37 Å². The van der Waals surface area contributed by atoms with Crippen molar-refractivity contribution in [1.29, 1.82) is 0 Å². The molecule has 0 bridgehead atoms. The molecule has 21 heavy (non-hydrogen) atoms. The van der Waals surface area contributed by atoms with Gasteiger partial charge in [0.2, 0.25) is 11.7 Å². The van der Waals surface area contributed by atoms with E-state index in [1.807, 2.05) is 0 Å². The van der Waals surface area contributed by atoms with E-state index >= 15 is 0 Å². The molecule has 1 aromatic carbocycles. The van der Waals surface area contributed by atoms with Gasteiger partial charge in [-0.3, -0.25) is 5.32 Å². The second-order valence-electron chi connectivity index (χ2n) is 4.93. The SMILES string of the molecule is Fc1ccc(-c2noc([C@@H]3Cc4nc[nH]c4CN3)n2)cc1. The molecule has 3 aromatic rings. The molecule has 1 aliphatic heterocycles. The van der Waals surface area contributed by atoms with Gasteiger partial charge in [0.15, 0.2) is 0 Å². The topological polar surface area (TPSA) is 79.6 Å². The van der Waals surface area contributed by atoms with E-state index in [1.165, 1.54) is 12.1 Å². The molecule has 6 nitrogen and oxygen atoms in total. The van der Waals surface area contributed by atoms with Gasteiger partial charge in [0, 0.05) is 18.5 Å². The smallest absolute Gasteiger partial charge is 0.244 e. The summed E-state index contributed by atoms with van der Waals surface area (Å²) in [6, 6.07) is 5.96. The van der Waals surface area contributed by atoms with E-state index in [0.29, 0.717) is 24.7 Å². The number of nitrogens with zero attached hydrogens (tertiary/aromatic N) is 3. The molecule has 0 aliphatic carbocycles. The van der Waals surface area contributed by atoms with E-state index in [0.717, 1.165) is 17.0 Å². The van der Waals surface area contributed by atoms with Crippen molar-refractivity contribution in [1.82, 2.24) is 25.4 Å². The molecule has 0 spiro atoms. The van der Waals surface area contributed by atoms with E-state index in [-0.39, 0.29) is 11.9 Å². The Kier molecular flexibility index (Phi) is 2.78. The Morgan fingerprint density at radius 3 is 2.95 bits per heavy atom. The zero-order chi connectivity index (χ0) is 14.2. The van der Waals surface area contributed by atoms with Crippen molar-refractivity contribution in [2.24, 2.45) is 0 Å². The summed E-state index contributed by atoms with van der Waals surface area (Å²) in [6.45, 7) is 0.689. The number of hydrogen-bond acceptors (Lipinski definition) is 5. The average Bonchev–Trinajstić information content (AvgIpc) is 3.16. The Bertz CT molecular complexity index is 764. The number of H-pyrrole nitrogens is 1. The molecular formula is C14H12FN5O. The number of aromatic amines is 1. The third kappa shape index (κ3) is 2.21. The zero-order valence-electron chi connectivity index (χ0n) is 11.0. The Morgan fingerprint density at radius 2 is 2.10 bits per heavy atom.